The van der Waals surface area contributed by atoms with Crippen LogP contribution in [0.1, 0.15) is 26.7 Å². The average molecular weight is 353 g/mol. The molecule has 2 rings (SSSR count). The van der Waals surface area contributed by atoms with Crippen molar-refractivity contribution in [3.05, 3.63) is 0 Å². The summed E-state index contributed by atoms with van der Waals surface area (Å²) in [6.45, 7) is 11.4. The highest BCUT2D eigenvalue weighted by Gasteiger charge is 2.28. The molecule has 0 aromatic carbocycles. The second-order valence-corrected chi connectivity index (χ2v) is 7.57. The van der Waals surface area contributed by atoms with E-state index in [1.165, 1.54) is 25.9 Å². The van der Waals surface area contributed by atoms with Crippen molar-refractivity contribution in [2.75, 3.05) is 67.0 Å². The number of piperidine rings is 1. The van der Waals surface area contributed by atoms with Gasteiger partial charge in [-0.1, -0.05) is 0 Å². The second-order valence-electron chi connectivity index (χ2n) is 7.57. The van der Waals surface area contributed by atoms with Gasteiger partial charge >= 0.3 is 0 Å². The van der Waals surface area contributed by atoms with E-state index in [0.29, 0.717) is 12.6 Å². The quantitative estimate of drug-likeness (QED) is 0.576. The Morgan fingerprint density at radius 2 is 1.72 bits per heavy atom. The molecule has 25 heavy (non-hydrogen) atoms. The van der Waals surface area contributed by atoms with E-state index in [9.17, 15) is 4.79 Å². The third-order valence-electron chi connectivity index (χ3n) is 5.47. The number of piperazine rings is 1. The molecule has 0 aromatic heterocycles. The molecule has 2 heterocycles. The summed E-state index contributed by atoms with van der Waals surface area (Å²) in [6, 6.07) is 1.39. The number of nitrogens with zero attached hydrogens (tertiary/aromatic N) is 5. The van der Waals surface area contributed by atoms with Crippen LogP contribution in [-0.4, -0.2) is 111 Å². The van der Waals surface area contributed by atoms with Crippen LogP contribution in [0.25, 0.3) is 0 Å². The van der Waals surface area contributed by atoms with Crippen LogP contribution in [0.3, 0.4) is 0 Å². The molecule has 0 atom stereocenters. The van der Waals surface area contributed by atoms with Crippen LogP contribution in [0.5, 0.6) is 0 Å². The van der Waals surface area contributed by atoms with Gasteiger partial charge in [-0.3, -0.25) is 14.7 Å². The van der Waals surface area contributed by atoms with Crippen LogP contribution in [-0.2, 0) is 4.79 Å². The molecule has 0 unspecified atom stereocenters. The summed E-state index contributed by atoms with van der Waals surface area (Å²) in [4.78, 5) is 25.2. The molecule has 144 valence electrons. The number of carbonyl (C=O) groups is 1. The monoisotopic (exact) mass is 352 g/mol. The highest BCUT2D eigenvalue weighted by Crippen LogP contribution is 2.19. The van der Waals surface area contributed by atoms with Crippen molar-refractivity contribution in [1.82, 2.24) is 24.9 Å². The lowest BCUT2D eigenvalue weighted by Gasteiger charge is -2.44. The first-order valence-electron chi connectivity index (χ1n) is 9.56. The zero-order valence-corrected chi connectivity index (χ0v) is 16.7. The van der Waals surface area contributed by atoms with Crippen molar-refractivity contribution in [3.63, 3.8) is 0 Å². The topological polar surface area (TPSA) is 54.4 Å². The van der Waals surface area contributed by atoms with Gasteiger partial charge in [-0.05, 0) is 39.8 Å². The third-order valence-corrected chi connectivity index (χ3v) is 5.47. The van der Waals surface area contributed by atoms with Gasteiger partial charge in [0.05, 0.1) is 6.54 Å². The van der Waals surface area contributed by atoms with Crippen LogP contribution in [0, 0.1) is 0 Å². The van der Waals surface area contributed by atoms with Crippen LogP contribution < -0.4 is 5.32 Å². The summed E-state index contributed by atoms with van der Waals surface area (Å²) in [6.07, 6.45) is 2.56. The number of carbonyl (C=O) groups excluding carboxylic acids is 1. The van der Waals surface area contributed by atoms with Gasteiger partial charge in [0, 0.05) is 59.4 Å². The van der Waals surface area contributed by atoms with E-state index in [0.717, 1.165) is 38.2 Å². The molecular weight excluding hydrogens is 316 g/mol. The summed E-state index contributed by atoms with van der Waals surface area (Å²) in [7, 11) is 5.34. The number of amides is 1. The Morgan fingerprint density at radius 3 is 2.20 bits per heavy atom. The van der Waals surface area contributed by atoms with Crippen molar-refractivity contribution in [2.24, 2.45) is 4.99 Å². The largest absolute Gasteiger partial charge is 0.347 e. The maximum atomic E-state index is 11.8. The number of nitrogens with one attached hydrogen (secondary N) is 1. The van der Waals surface area contributed by atoms with Crippen molar-refractivity contribution >= 4 is 11.9 Å². The van der Waals surface area contributed by atoms with Crippen LogP contribution in [0.15, 0.2) is 4.99 Å². The molecule has 1 amide bonds. The molecule has 2 aliphatic rings. The fourth-order valence-corrected chi connectivity index (χ4v) is 3.71. The van der Waals surface area contributed by atoms with E-state index >= 15 is 0 Å². The van der Waals surface area contributed by atoms with Crippen molar-refractivity contribution in [3.8, 4) is 0 Å². The number of guanidine groups is 1. The van der Waals surface area contributed by atoms with Crippen LogP contribution >= 0.6 is 0 Å². The molecule has 0 aromatic rings. The van der Waals surface area contributed by atoms with Crippen molar-refractivity contribution < 1.29 is 4.79 Å². The van der Waals surface area contributed by atoms with E-state index in [1.807, 2.05) is 0 Å². The Labute approximate surface area is 153 Å². The van der Waals surface area contributed by atoms with E-state index in [1.54, 1.807) is 26.0 Å². The standard InChI is InChI=1S/C18H36N6O/c1-15(2)22-8-6-16(7-9-22)23-10-12-24(13-11-23)18(19-3)20-14-17(25)21(4)5/h15-16H,6-14H2,1-5H3,(H,19,20). The lowest BCUT2D eigenvalue weighted by atomic mass is 10.0. The number of likely N-dealkylation sites (tertiary alicyclic amines) is 1. The third kappa shape index (κ3) is 5.57. The fraction of sp³-hybridized carbons (Fsp3) is 0.889. The maximum absolute atomic E-state index is 11.8. The molecular formula is C18H36N6O. The lowest BCUT2D eigenvalue weighted by molar-refractivity contribution is -0.127. The van der Waals surface area contributed by atoms with E-state index < -0.39 is 0 Å². The summed E-state index contributed by atoms with van der Waals surface area (Å²) in [5.41, 5.74) is 0. The minimum atomic E-state index is 0.0664. The number of aliphatic imine (C=N–C) groups is 1. The Hall–Kier alpha value is -1.34. The second kappa shape index (κ2) is 9.38. The summed E-state index contributed by atoms with van der Waals surface area (Å²) >= 11 is 0. The summed E-state index contributed by atoms with van der Waals surface area (Å²) in [5, 5.41) is 3.19. The van der Waals surface area contributed by atoms with Gasteiger partial charge in [0.15, 0.2) is 5.96 Å². The minimum Gasteiger partial charge on any atom is -0.347 e. The molecule has 7 nitrogen and oxygen atoms in total. The summed E-state index contributed by atoms with van der Waals surface area (Å²) < 4.78 is 0. The number of rotatable bonds is 4. The smallest absolute Gasteiger partial charge is 0.241 e. The molecule has 2 saturated heterocycles. The molecule has 0 aliphatic carbocycles. The van der Waals surface area contributed by atoms with Crippen molar-refractivity contribution in [2.45, 2.75) is 38.8 Å². The van der Waals surface area contributed by atoms with Gasteiger partial charge in [0.25, 0.3) is 0 Å². The molecule has 0 spiro atoms. The van der Waals surface area contributed by atoms with Gasteiger partial charge < -0.3 is 20.0 Å². The Balaban J connectivity index is 1.76. The normalized spacial score (nSPS) is 21.7. The number of likely N-dealkylation sites (N-methyl/N-ethyl adjacent to an activating group) is 1. The highest BCUT2D eigenvalue weighted by molar-refractivity contribution is 5.86. The predicted octanol–water partition coefficient (Wildman–Crippen LogP) is 0.140. The maximum Gasteiger partial charge on any atom is 0.241 e. The van der Waals surface area contributed by atoms with E-state index in [4.69, 9.17) is 0 Å². The van der Waals surface area contributed by atoms with Gasteiger partial charge in [-0.2, -0.15) is 0 Å². The van der Waals surface area contributed by atoms with E-state index in [2.05, 4.69) is 38.9 Å². The highest BCUT2D eigenvalue weighted by atomic mass is 16.2. The molecule has 0 radical (unpaired) electrons. The first-order valence-corrected chi connectivity index (χ1v) is 9.56. The van der Waals surface area contributed by atoms with Gasteiger partial charge in [0.1, 0.15) is 0 Å². The predicted molar refractivity (Wildman–Crippen MR) is 103 cm³/mol. The molecule has 0 saturated carbocycles. The van der Waals surface area contributed by atoms with Gasteiger partial charge in [-0.15, -0.1) is 0 Å². The zero-order chi connectivity index (χ0) is 18.4. The fourth-order valence-electron chi connectivity index (χ4n) is 3.71. The molecule has 0 bridgehead atoms. The number of hydrogen-bond donors (Lipinski definition) is 1. The molecule has 7 heteroatoms. The molecule has 2 fully saturated rings. The zero-order valence-electron chi connectivity index (χ0n) is 16.7. The lowest BCUT2D eigenvalue weighted by Crippen LogP contribution is -2.57. The Bertz CT molecular complexity index is 448. The Kier molecular flexibility index (Phi) is 7.50. The first kappa shape index (κ1) is 20.0. The van der Waals surface area contributed by atoms with Crippen LogP contribution in [0.2, 0.25) is 0 Å². The van der Waals surface area contributed by atoms with Crippen molar-refractivity contribution in [1.29, 1.82) is 0 Å². The first-order chi connectivity index (χ1) is 11.9. The minimum absolute atomic E-state index is 0.0664. The Morgan fingerprint density at radius 1 is 1.12 bits per heavy atom. The molecule has 1 N–H and O–H groups in total. The average Bonchev–Trinajstić information content (AvgIpc) is 2.62. The van der Waals surface area contributed by atoms with Gasteiger partial charge in [-0.25, -0.2) is 0 Å². The summed E-state index contributed by atoms with van der Waals surface area (Å²) in [5.74, 6) is 0.904. The molecule has 2 aliphatic heterocycles. The van der Waals surface area contributed by atoms with E-state index in [-0.39, 0.29) is 5.91 Å². The van der Waals surface area contributed by atoms with Crippen LogP contribution in [0.4, 0.5) is 0 Å². The SMILES string of the molecule is CN=C(NCC(=O)N(C)C)N1CCN(C2CCN(C(C)C)CC2)CC1. The number of hydrogen-bond acceptors (Lipinski definition) is 4. The van der Waals surface area contributed by atoms with Gasteiger partial charge in [0.2, 0.25) is 5.91 Å².